The molecule has 0 saturated carbocycles. The van der Waals surface area contributed by atoms with Crippen LogP contribution < -0.4 is 14.4 Å². The summed E-state index contributed by atoms with van der Waals surface area (Å²) in [4.78, 5) is 15.1. The third kappa shape index (κ3) is 1.99. The van der Waals surface area contributed by atoms with Gasteiger partial charge in [0.05, 0.1) is 17.0 Å². The molecule has 5 nitrogen and oxygen atoms in total. The third-order valence-corrected chi connectivity index (χ3v) is 4.53. The minimum Gasteiger partial charge on any atom is -0.461 e. The molecule has 4 rings (SSSR count). The molecule has 106 valence electrons. The summed E-state index contributed by atoms with van der Waals surface area (Å²) in [6, 6.07) is 7.23. The number of hydrogen-bond donors (Lipinski definition) is 0. The van der Waals surface area contributed by atoms with Gasteiger partial charge in [0, 0.05) is 30.2 Å². The number of nitrogens with zero attached hydrogens (tertiary/aromatic N) is 1. The van der Waals surface area contributed by atoms with Crippen LogP contribution in [0.15, 0.2) is 50.9 Å². The second-order valence-corrected chi connectivity index (χ2v) is 5.72. The number of furan rings is 1. The number of allylic oxidation sites excluding steroid dienone is 1. The van der Waals surface area contributed by atoms with Crippen molar-refractivity contribution in [1.82, 2.24) is 0 Å². The number of anilines is 1. The first-order valence-electron chi connectivity index (χ1n) is 6.37. The highest BCUT2D eigenvalue weighted by atomic mass is 32.2. The van der Waals surface area contributed by atoms with Crippen LogP contribution in [0.5, 0.6) is 11.5 Å². The zero-order valence-corrected chi connectivity index (χ0v) is 12.0. The number of benzene rings is 1. The monoisotopic (exact) mass is 301 g/mol. The van der Waals surface area contributed by atoms with E-state index in [-0.39, 0.29) is 12.6 Å². The Morgan fingerprint density at radius 3 is 2.90 bits per heavy atom. The van der Waals surface area contributed by atoms with Crippen LogP contribution in [0.1, 0.15) is 10.6 Å². The lowest BCUT2D eigenvalue weighted by Gasteiger charge is -2.13. The van der Waals surface area contributed by atoms with Crippen molar-refractivity contribution in [3.8, 4) is 11.5 Å². The van der Waals surface area contributed by atoms with Crippen molar-refractivity contribution in [3.63, 3.8) is 0 Å². The van der Waals surface area contributed by atoms with E-state index in [0.29, 0.717) is 5.76 Å². The summed E-state index contributed by atoms with van der Waals surface area (Å²) >= 11 is 1.52. The Morgan fingerprint density at radius 2 is 2.14 bits per heavy atom. The van der Waals surface area contributed by atoms with Crippen LogP contribution in [0.25, 0.3) is 0 Å². The molecular weight excluding hydrogens is 290 g/mol. The van der Waals surface area contributed by atoms with Gasteiger partial charge in [0.25, 0.3) is 0 Å². The predicted molar refractivity (Wildman–Crippen MR) is 77.9 cm³/mol. The molecule has 2 aliphatic heterocycles. The lowest BCUT2D eigenvalue weighted by Crippen LogP contribution is -2.11. The van der Waals surface area contributed by atoms with E-state index in [2.05, 4.69) is 0 Å². The first-order valence-corrected chi connectivity index (χ1v) is 7.19. The van der Waals surface area contributed by atoms with Gasteiger partial charge in [-0.1, -0.05) is 11.8 Å². The first-order chi connectivity index (χ1) is 10.2. The second kappa shape index (κ2) is 4.60. The highest BCUT2D eigenvalue weighted by Crippen LogP contribution is 2.50. The molecule has 6 heteroatoms. The maximum atomic E-state index is 12.1. The van der Waals surface area contributed by atoms with Crippen molar-refractivity contribution >= 4 is 23.2 Å². The molecule has 0 N–H and O–H groups in total. The molecule has 1 aromatic heterocycles. The van der Waals surface area contributed by atoms with Gasteiger partial charge >= 0.3 is 0 Å². The van der Waals surface area contributed by atoms with Crippen molar-refractivity contribution in [2.75, 3.05) is 18.7 Å². The fourth-order valence-corrected chi connectivity index (χ4v) is 3.38. The second-order valence-electron chi connectivity index (χ2n) is 4.66. The highest BCUT2D eigenvalue weighted by Gasteiger charge is 2.27. The van der Waals surface area contributed by atoms with Gasteiger partial charge in [0.15, 0.2) is 17.3 Å². The Morgan fingerprint density at radius 1 is 1.33 bits per heavy atom. The van der Waals surface area contributed by atoms with Crippen LogP contribution in [0.4, 0.5) is 5.69 Å². The lowest BCUT2D eigenvalue weighted by molar-refractivity contribution is 0.102. The van der Waals surface area contributed by atoms with Gasteiger partial charge in [-0.2, -0.15) is 0 Å². The average Bonchev–Trinajstić information content (AvgIpc) is 3.19. The van der Waals surface area contributed by atoms with Crippen LogP contribution in [0.3, 0.4) is 0 Å². The molecule has 0 radical (unpaired) electrons. The predicted octanol–water partition coefficient (Wildman–Crippen LogP) is 3.27. The SMILES string of the molecule is CN1/C(=C/C(=O)c2ccco2)Sc2cc3c(cc21)OCO3. The van der Waals surface area contributed by atoms with Crippen LogP contribution in [0.2, 0.25) is 0 Å². The van der Waals surface area contributed by atoms with E-state index in [9.17, 15) is 4.79 Å². The first kappa shape index (κ1) is 12.4. The van der Waals surface area contributed by atoms with Crippen molar-refractivity contribution < 1.29 is 18.7 Å². The number of rotatable bonds is 2. The van der Waals surface area contributed by atoms with Gasteiger partial charge in [0.2, 0.25) is 12.6 Å². The number of ketones is 1. The Hall–Kier alpha value is -2.34. The summed E-state index contributed by atoms with van der Waals surface area (Å²) in [5.41, 5.74) is 1.00. The molecule has 0 fully saturated rings. The van der Waals surface area contributed by atoms with E-state index in [1.165, 1.54) is 18.0 Å². The summed E-state index contributed by atoms with van der Waals surface area (Å²) in [5.74, 6) is 1.66. The largest absolute Gasteiger partial charge is 0.461 e. The van der Waals surface area contributed by atoms with Gasteiger partial charge in [-0.3, -0.25) is 4.79 Å². The quantitative estimate of drug-likeness (QED) is 0.627. The topological polar surface area (TPSA) is 51.9 Å². The number of carbonyl (C=O) groups is 1. The minimum absolute atomic E-state index is 0.151. The van der Waals surface area contributed by atoms with Crippen molar-refractivity contribution in [3.05, 3.63) is 47.4 Å². The smallest absolute Gasteiger partial charge is 0.231 e. The van der Waals surface area contributed by atoms with Gasteiger partial charge in [-0.05, 0) is 12.1 Å². The zero-order valence-electron chi connectivity index (χ0n) is 11.2. The summed E-state index contributed by atoms with van der Waals surface area (Å²) in [5, 5.41) is 0.843. The molecule has 0 spiro atoms. The molecule has 3 heterocycles. The molecule has 1 aromatic carbocycles. The lowest BCUT2D eigenvalue weighted by atomic mass is 10.2. The normalized spacial score (nSPS) is 17.4. The van der Waals surface area contributed by atoms with E-state index in [0.717, 1.165) is 27.1 Å². The molecule has 21 heavy (non-hydrogen) atoms. The summed E-state index contributed by atoms with van der Waals surface area (Å²) in [6.45, 7) is 0.256. The Labute approximate surface area is 125 Å². The van der Waals surface area contributed by atoms with Crippen LogP contribution in [-0.2, 0) is 0 Å². The van der Waals surface area contributed by atoms with Crippen molar-refractivity contribution in [2.24, 2.45) is 0 Å². The van der Waals surface area contributed by atoms with Gasteiger partial charge in [-0.15, -0.1) is 0 Å². The molecule has 2 aliphatic rings. The molecule has 0 unspecified atom stereocenters. The van der Waals surface area contributed by atoms with Gasteiger partial charge in [0.1, 0.15) is 0 Å². The fraction of sp³-hybridized carbons (Fsp3) is 0.133. The van der Waals surface area contributed by atoms with E-state index in [1.54, 1.807) is 18.2 Å². The van der Waals surface area contributed by atoms with E-state index in [4.69, 9.17) is 13.9 Å². The molecule has 0 amide bonds. The molecule has 0 bridgehead atoms. The Balaban J connectivity index is 1.67. The maximum absolute atomic E-state index is 12.1. The van der Waals surface area contributed by atoms with Crippen molar-refractivity contribution in [2.45, 2.75) is 4.90 Å². The highest BCUT2D eigenvalue weighted by molar-refractivity contribution is 8.03. The molecule has 0 saturated heterocycles. The van der Waals surface area contributed by atoms with E-state index >= 15 is 0 Å². The summed E-state index contributed by atoms with van der Waals surface area (Å²) in [6.07, 6.45) is 3.07. The van der Waals surface area contributed by atoms with Gasteiger partial charge in [-0.25, -0.2) is 0 Å². The standard InChI is InChI=1S/C15H11NO4S/c1-16-9-5-12-13(20-8-19-12)7-14(9)21-15(16)6-10(17)11-3-2-4-18-11/h2-7H,8H2,1H3/b15-6-. The van der Waals surface area contributed by atoms with Gasteiger partial charge < -0.3 is 18.8 Å². The number of ether oxygens (including phenoxy) is 2. The van der Waals surface area contributed by atoms with Crippen molar-refractivity contribution in [1.29, 1.82) is 0 Å². The third-order valence-electron chi connectivity index (χ3n) is 3.38. The van der Waals surface area contributed by atoms with E-state index in [1.807, 2.05) is 24.1 Å². The Bertz CT molecular complexity index is 751. The molecule has 0 aliphatic carbocycles. The molecular formula is C15H11NO4S. The number of fused-ring (bicyclic) bond motifs is 2. The minimum atomic E-state index is -0.151. The number of hydrogen-bond acceptors (Lipinski definition) is 6. The Kier molecular flexibility index (Phi) is 2.71. The molecule has 0 atom stereocenters. The molecule has 2 aromatic rings. The average molecular weight is 301 g/mol. The number of carbonyl (C=O) groups excluding carboxylic acids is 1. The number of thioether (sulfide) groups is 1. The summed E-state index contributed by atoms with van der Waals surface area (Å²) < 4.78 is 15.9. The maximum Gasteiger partial charge on any atom is 0.231 e. The van der Waals surface area contributed by atoms with E-state index < -0.39 is 0 Å². The fourth-order valence-electron chi connectivity index (χ4n) is 2.28. The van der Waals surface area contributed by atoms with Crippen LogP contribution in [-0.4, -0.2) is 19.6 Å². The van der Waals surface area contributed by atoms with Crippen LogP contribution in [0, 0.1) is 0 Å². The summed E-state index contributed by atoms with van der Waals surface area (Å²) in [7, 11) is 1.92. The van der Waals surface area contributed by atoms with Crippen LogP contribution >= 0.6 is 11.8 Å². The zero-order chi connectivity index (χ0) is 14.4.